The lowest BCUT2D eigenvalue weighted by Crippen LogP contribution is -2.27. The van der Waals surface area contributed by atoms with Crippen LogP contribution in [-0.4, -0.2) is 17.4 Å². The highest BCUT2D eigenvalue weighted by atomic mass is 19.1. The van der Waals surface area contributed by atoms with Gasteiger partial charge in [0, 0.05) is 44.0 Å². The van der Waals surface area contributed by atoms with Crippen molar-refractivity contribution >= 4 is 5.91 Å². The van der Waals surface area contributed by atoms with E-state index in [9.17, 15) is 9.18 Å². The zero-order valence-electron chi connectivity index (χ0n) is 11.7. The molecule has 0 saturated carbocycles. The van der Waals surface area contributed by atoms with Gasteiger partial charge in [0.2, 0.25) is 5.91 Å². The molecule has 2 rings (SSSR count). The minimum Gasteiger partial charge on any atom is -0.352 e. The smallest absolute Gasteiger partial charge is 0.221 e. The van der Waals surface area contributed by atoms with Gasteiger partial charge in [-0.15, -0.1) is 0 Å². The maximum absolute atomic E-state index is 13.4. The summed E-state index contributed by atoms with van der Waals surface area (Å²) < 4.78 is 13.4. The summed E-state index contributed by atoms with van der Waals surface area (Å²) in [4.78, 5) is 15.6. The third kappa shape index (κ3) is 5.31. The zero-order valence-corrected chi connectivity index (χ0v) is 11.7. The standard InChI is InChI=1S/C16H18FN3O/c17-15-4-2-1-3-14(15)12-19-10-7-16(21)20-11-13-5-8-18-9-6-13/h1-6,8-9,19H,7,10-12H2,(H,20,21). The molecule has 0 fully saturated rings. The van der Waals surface area contributed by atoms with E-state index in [0.29, 0.717) is 31.6 Å². The highest BCUT2D eigenvalue weighted by Crippen LogP contribution is 2.05. The molecule has 1 aromatic heterocycles. The van der Waals surface area contributed by atoms with E-state index in [2.05, 4.69) is 15.6 Å². The van der Waals surface area contributed by atoms with Crippen molar-refractivity contribution in [3.05, 3.63) is 65.7 Å². The topological polar surface area (TPSA) is 54.0 Å². The largest absolute Gasteiger partial charge is 0.352 e. The molecule has 1 heterocycles. The SMILES string of the molecule is O=C(CCNCc1ccccc1F)NCc1ccncc1. The van der Waals surface area contributed by atoms with Gasteiger partial charge < -0.3 is 10.6 Å². The molecule has 2 aromatic rings. The number of carbonyl (C=O) groups is 1. The van der Waals surface area contributed by atoms with E-state index >= 15 is 0 Å². The molecular formula is C16H18FN3O. The van der Waals surface area contributed by atoms with Gasteiger partial charge in [0.05, 0.1) is 0 Å². The molecule has 0 aliphatic carbocycles. The maximum Gasteiger partial charge on any atom is 0.221 e. The predicted octanol–water partition coefficient (Wildman–Crippen LogP) is 2.02. The van der Waals surface area contributed by atoms with E-state index in [1.807, 2.05) is 12.1 Å². The van der Waals surface area contributed by atoms with Gasteiger partial charge in [-0.2, -0.15) is 0 Å². The van der Waals surface area contributed by atoms with Gasteiger partial charge in [0.25, 0.3) is 0 Å². The fraction of sp³-hybridized carbons (Fsp3) is 0.250. The Kier molecular flexibility index (Phi) is 5.84. The normalized spacial score (nSPS) is 10.3. The molecule has 21 heavy (non-hydrogen) atoms. The number of halogens is 1. The quantitative estimate of drug-likeness (QED) is 0.766. The molecule has 0 aliphatic rings. The van der Waals surface area contributed by atoms with Crippen molar-refractivity contribution in [1.82, 2.24) is 15.6 Å². The van der Waals surface area contributed by atoms with Crippen LogP contribution in [0.3, 0.4) is 0 Å². The lowest BCUT2D eigenvalue weighted by molar-refractivity contribution is -0.121. The van der Waals surface area contributed by atoms with Crippen molar-refractivity contribution in [3.8, 4) is 0 Å². The molecule has 0 unspecified atom stereocenters. The monoisotopic (exact) mass is 287 g/mol. The second kappa shape index (κ2) is 8.11. The number of hydrogen-bond donors (Lipinski definition) is 2. The summed E-state index contributed by atoms with van der Waals surface area (Å²) in [5, 5.41) is 5.89. The first kappa shape index (κ1) is 15.1. The predicted molar refractivity (Wildman–Crippen MR) is 78.8 cm³/mol. The number of carbonyl (C=O) groups excluding carboxylic acids is 1. The van der Waals surface area contributed by atoms with Crippen LogP contribution in [0.15, 0.2) is 48.8 Å². The molecule has 0 spiro atoms. The number of rotatable bonds is 7. The van der Waals surface area contributed by atoms with Gasteiger partial charge in [-0.25, -0.2) is 4.39 Å². The Balaban J connectivity index is 1.62. The molecule has 110 valence electrons. The average Bonchev–Trinajstić information content (AvgIpc) is 2.52. The van der Waals surface area contributed by atoms with Crippen LogP contribution in [0.2, 0.25) is 0 Å². The molecule has 0 saturated heterocycles. The highest BCUT2D eigenvalue weighted by Gasteiger charge is 2.03. The Morgan fingerprint density at radius 2 is 1.86 bits per heavy atom. The third-order valence-electron chi connectivity index (χ3n) is 3.04. The molecule has 0 radical (unpaired) electrons. The molecular weight excluding hydrogens is 269 g/mol. The first-order valence-corrected chi connectivity index (χ1v) is 6.85. The first-order valence-electron chi connectivity index (χ1n) is 6.85. The second-order valence-corrected chi connectivity index (χ2v) is 4.65. The van der Waals surface area contributed by atoms with Gasteiger partial charge in [-0.05, 0) is 23.8 Å². The number of pyridine rings is 1. The number of nitrogens with zero attached hydrogens (tertiary/aromatic N) is 1. The van der Waals surface area contributed by atoms with E-state index in [4.69, 9.17) is 0 Å². The van der Waals surface area contributed by atoms with Crippen LogP contribution in [0, 0.1) is 5.82 Å². The fourth-order valence-electron chi connectivity index (χ4n) is 1.86. The molecule has 0 atom stereocenters. The van der Waals surface area contributed by atoms with Crippen LogP contribution in [0.1, 0.15) is 17.5 Å². The van der Waals surface area contributed by atoms with Crippen molar-refractivity contribution in [3.63, 3.8) is 0 Å². The summed E-state index contributed by atoms with van der Waals surface area (Å²) in [6.07, 6.45) is 3.74. The van der Waals surface area contributed by atoms with Crippen LogP contribution in [0.25, 0.3) is 0 Å². The van der Waals surface area contributed by atoms with E-state index < -0.39 is 0 Å². The van der Waals surface area contributed by atoms with E-state index in [-0.39, 0.29) is 11.7 Å². The summed E-state index contributed by atoms with van der Waals surface area (Å²) in [6.45, 7) is 1.43. The average molecular weight is 287 g/mol. The Hall–Kier alpha value is -2.27. The Morgan fingerprint density at radius 3 is 2.62 bits per heavy atom. The molecule has 0 bridgehead atoms. The van der Waals surface area contributed by atoms with E-state index in [1.54, 1.807) is 30.6 Å². The summed E-state index contributed by atoms with van der Waals surface area (Å²) in [7, 11) is 0. The number of aromatic nitrogens is 1. The molecule has 1 aromatic carbocycles. The number of nitrogens with one attached hydrogen (secondary N) is 2. The third-order valence-corrected chi connectivity index (χ3v) is 3.04. The maximum atomic E-state index is 13.4. The van der Waals surface area contributed by atoms with Gasteiger partial charge in [-0.1, -0.05) is 18.2 Å². The number of hydrogen-bond acceptors (Lipinski definition) is 3. The van der Waals surface area contributed by atoms with E-state index in [1.165, 1.54) is 6.07 Å². The first-order chi connectivity index (χ1) is 10.3. The molecule has 5 heteroatoms. The zero-order chi connectivity index (χ0) is 14.9. The summed E-state index contributed by atoms with van der Waals surface area (Å²) in [5.74, 6) is -0.264. The Bertz CT molecular complexity index is 575. The summed E-state index contributed by atoms with van der Waals surface area (Å²) in [5.41, 5.74) is 1.62. The van der Waals surface area contributed by atoms with Crippen LogP contribution in [0.5, 0.6) is 0 Å². The molecule has 0 aliphatic heterocycles. The van der Waals surface area contributed by atoms with Crippen molar-refractivity contribution in [2.45, 2.75) is 19.5 Å². The van der Waals surface area contributed by atoms with Gasteiger partial charge in [0.15, 0.2) is 0 Å². The fourth-order valence-corrected chi connectivity index (χ4v) is 1.86. The van der Waals surface area contributed by atoms with Crippen LogP contribution >= 0.6 is 0 Å². The summed E-state index contributed by atoms with van der Waals surface area (Å²) >= 11 is 0. The van der Waals surface area contributed by atoms with Crippen molar-refractivity contribution in [2.24, 2.45) is 0 Å². The molecule has 2 N–H and O–H groups in total. The van der Waals surface area contributed by atoms with Gasteiger partial charge >= 0.3 is 0 Å². The number of benzene rings is 1. The van der Waals surface area contributed by atoms with Gasteiger partial charge in [0.1, 0.15) is 5.82 Å². The highest BCUT2D eigenvalue weighted by molar-refractivity contribution is 5.76. The Labute approximate surface area is 123 Å². The Morgan fingerprint density at radius 1 is 1.10 bits per heavy atom. The lowest BCUT2D eigenvalue weighted by atomic mass is 10.2. The molecule has 1 amide bonds. The van der Waals surface area contributed by atoms with Crippen molar-refractivity contribution in [1.29, 1.82) is 0 Å². The van der Waals surface area contributed by atoms with Gasteiger partial charge in [-0.3, -0.25) is 9.78 Å². The minimum absolute atomic E-state index is 0.0344. The molecule has 4 nitrogen and oxygen atoms in total. The second-order valence-electron chi connectivity index (χ2n) is 4.65. The van der Waals surface area contributed by atoms with Crippen LogP contribution < -0.4 is 10.6 Å². The minimum atomic E-state index is -0.230. The van der Waals surface area contributed by atoms with Crippen LogP contribution in [-0.2, 0) is 17.9 Å². The van der Waals surface area contributed by atoms with Crippen molar-refractivity contribution < 1.29 is 9.18 Å². The van der Waals surface area contributed by atoms with E-state index in [0.717, 1.165) is 5.56 Å². The summed E-state index contributed by atoms with van der Waals surface area (Å²) in [6, 6.07) is 10.3. The van der Waals surface area contributed by atoms with Crippen molar-refractivity contribution in [2.75, 3.05) is 6.54 Å². The van der Waals surface area contributed by atoms with Crippen LogP contribution in [0.4, 0.5) is 4.39 Å². The number of amides is 1. The lowest BCUT2D eigenvalue weighted by Gasteiger charge is -2.07.